The Labute approximate surface area is 646 Å². The van der Waals surface area contributed by atoms with Crippen molar-refractivity contribution in [1.82, 2.24) is 48.4 Å². The summed E-state index contributed by atoms with van der Waals surface area (Å²) in [5.74, 6) is 2.32. The number of amides is 1. The minimum absolute atomic E-state index is 0.124. The van der Waals surface area contributed by atoms with E-state index in [0.29, 0.717) is 42.4 Å². The number of carboxylic acids is 1. The van der Waals surface area contributed by atoms with E-state index >= 15 is 0 Å². The van der Waals surface area contributed by atoms with Gasteiger partial charge in [0.15, 0.2) is 0 Å². The third-order valence-corrected chi connectivity index (χ3v) is 19.7. The van der Waals surface area contributed by atoms with Crippen LogP contribution in [0.1, 0.15) is 70.1 Å². The molecule has 110 heavy (non-hydrogen) atoms. The lowest BCUT2D eigenvalue weighted by atomic mass is 10.1. The fourth-order valence-corrected chi connectivity index (χ4v) is 13.5. The van der Waals surface area contributed by atoms with Gasteiger partial charge in [-0.25, -0.2) is 34.3 Å². The van der Waals surface area contributed by atoms with Crippen LogP contribution in [-0.2, 0) is 34.4 Å². The number of aromatic nitrogens is 8. The molecule has 4 aromatic heterocycles. The summed E-state index contributed by atoms with van der Waals surface area (Å²) in [4.78, 5) is 73.1. The second-order valence-corrected chi connectivity index (χ2v) is 27.0. The van der Waals surface area contributed by atoms with Gasteiger partial charge in [-0.3, -0.25) is 4.79 Å². The van der Waals surface area contributed by atoms with Gasteiger partial charge in [0.1, 0.15) is 23.3 Å². The van der Waals surface area contributed by atoms with Crippen LogP contribution in [0.2, 0.25) is 0 Å². The lowest BCUT2D eigenvalue weighted by Crippen LogP contribution is -2.34. The molecular formula is C92H81BrN10O7. The molecule has 17 nitrogen and oxygen atoms in total. The fraction of sp³-hybridized carbons (Fsp3) is 0.130. The van der Waals surface area contributed by atoms with Gasteiger partial charge < -0.3 is 43.1 Å². The molecular weight excluding hydrogens is 1440 g/mol. The van der Waals surface area contributed by atoms with Crippen LogP contribution in [0.25, 0.3) is 89.7 Å². The van der Waals surface area contributed by atoms with Gasteiger partial charge >= 0.3 is 17.9 Å². The Balaban J connectivity index is 0.000000125. The summed E-state index contributed by atoms with van der Waals surface area (Å²) < 4.78 is 15.9. The summed E-state index contributed by atoms with van der Waals surface area (Å²) in [6, 6.07) is 103. The van der Waals surface area contributed by atoms with Crippen molar-refractivity contribution in [3.63, 3.8) is 0 Å². The first kappa shape index (κ1) is 75.1. The van der Waals surface area contributed by atoms with Crippen molar-refractivity contribution in [2.24, 2.45) is 0 Å². The number of H-pyrrole nitrogens is 1. The summed E-state index contributed by atoms with van der Waals surface area (Å²) in [7, 11) is 6.93. The molecule has 12 aromatic carbocycles. The number of nitrogens with zero attached hydrogens (tertiary/aromatic N) is 9. The van der Waals surface area contributed by atoms with Crippen LogP contribution in [0.15, 0.2) is 315 Å². The Morgan fingerprint density at radius 1 is 0.409 bits per heavy atom. The molecule has 0 radical (unpaired) electrons. The lowest BCUT2D eigenvalue weighted by molar-refractivity contribution is 0.0592. The first-order valence-corrected chi connectivity index (χ1v) is 37.2. The minimum Gasteiger partial charge on any atom is -0.478 e. The number of likely N-dealkylation sites (tertiary alicyclic amines) is 1. The number of imidazole rings is 4. The van der Waals surface area contributed by atoms with Crippen LogP contribution in [0.4, 0.5) is 0 Å². The average molecular weight is 1520 g/mol. The molecule has 17 rings (SSSR count). The van der Waals surface area contributed by atoms with Gasteiger partial charge in [-0.2, -0.15) is 0 Å². The van der Waals surface area contributed by atoms with Crippen molar-refractivity contribution in [3.8, 4) is 45.6 Å². The summed E-state index contributed by atoms with van der Waals surface area (Å²) in [6.45, 7) is 3.63. The van der Waals surface area contributed by atoms with Crippen LogP contribution < -0.4 is 0 Å². The molecule has 1 amide bonds. The molecule has 0 saturated carbocycles. The molecule has 18 heteroatoms. The zero-order valence-electron chi connectivity index (χ0n) is 61.3. The highest BCUT2D eigenvalue weighted by Crippen LogP contribution is 2.31. The molecule has 0 spiro atoms. The number of alkyl halides is 1. The summed E-state index contributed by atoms with van der Waals surface area (Å²) in [6.07, 6.45) is 1.03. The van der Waals surface area contributed by atoms with Gasteiger partial charge in [-0.15, -0.1) is 0 Å². The number of esters is 2. The van der Waals surface area contributed by atoms with Gasteiger partial charge in [0.25, 0.3) is 5.91 Å². The number of rotatable bonds is 16. The molecule has 1 atom stereocenters. The molecule has 548 valence electrons. The molecule has 1 fully saturated rings. The molecule has 1 aliphatic heterocycles. The van der Waals surface area contributed by atoms with Crippen molar-refractivity contribution in [1.29, 1.82) is 0 Å². The number of aromatic amines is 1. The van der Waals surface area contributed by atoms with Crippen LogP contribution in [-0.4, -0.2) is 125 Å². The predicted molar refractivity (Wildman–Crippen MR) is 440 cm³/mol. The normalized spacial score (nSPS) is 12.2. The standard InChI is InChI=1S/C27H28N4O.C22H18N2O2.C21H16N2O2.C13H10N2.C9H9BrO2/c1-29(2)23-16-17-30(19-23)27(32)22-14-12-20(13-15-22)18-31-25-11-7-6-10-24(25)28-26(31)21-8-4-3-5-9-21;1-26-22(25)18-13-11-16(12-14-18)15-24-20-10-6-5-9-19(20)23-21(24)17-7-3-2-4-8-17;24-21(25)17-12-10-15(11-13-17)14-23-19-9-5-4-8-18(19)22-20(23)16-6-2-1-3-7-16;1-2-6-10(7-3-1)13-14-11-8-4-5-9-12(11)15-13;1-12-9(11)8-4-2-7(6-10)3-5-8/h3-15,23H,16-19H2,1-2H3;2-14H,15H2,1H3;1-13H,14H2,(H,24,25);1-9H,(H,14,15);2-5H,6H2,1H3. The maximum atomic E-state index is 12.9. The maximum absolute atomic E-state index is 12.9. The Bertz CT molecular complexity index is 5720. The predicted octanol–water partition coefficient (Wildman–Crippen LogP) is 19.1. The number of likely N-dealkylation sites (N-methyl/N-ethyl adjacent to an activating group) is 1. The second-order valence-electron chi connectivity index (χ2n) is 26.5. The first-order chi connectivity index (χ1) is 53.8. The van der Waals surface area contributed by atoms with Gasteiger partial charge in [-0.05, 0) is 140 Å². The monoisotopic (exact) mass is 1520 g/mol. The van der Waals surface area contributed by atoms with Crippen molar-refractivity contribution < 1.29 is 33.8 Å². The van der Waals surface area contributed by atoms with E-state index in [2.05, 4.69) is 136 Å². The van der Waals surface area contributed by atoms with E-state index in [1.54, 1.807) is 36.4 Å². The number of methoxy groups -OCH3 is 2. The zero-order chi connectivity index (χ0) is 76.3. The molecule has 1 saturated heterocycles. The number of ether oxygens (including phenoxy) is 2. The molecule has 2 N–H and O–H groups in total. The largest absolute Gasteiger partial charge is 0.478 e. The van der Waals surface area contributed by atoms with E-state index in [9.17, 15) is 19.2 Å². The van der Waals surface area contributed by atoms with Gasteiger partial charge in [0, 0.05) is 71.9 Å². The number of carboxylic acid groups (broad SMARTS) is 1. The quantitative estimate of drug-likeness (QED) is 0.0687. The van der Waals surface area contributed by atoms with E-state index in [-0.39, 0.29) is 17.8 Å². The van der Waals surface area contributed by atoms with Gasteiger partial charge in [0.05, 0.1) is 75.0 Å². The number of carbonyl (C=O) groups excluding carboxylic acids is 3. The van der Waals surface area contributed by atoms with Crippen LogP contribution in [0, 0.1) is 0 Å². The topological polar surface area (TPSA) is 196 Å². The number of halogens is 1. The molecule has 1 aliphatic rings. The second kappa shape index (κ2) is 36.0. The molecule has 1 unspecified atom stereocenters. The smallest absolute Gasteiger partial charge is 0.337 e. The lowest BCUT2D eigenvalue weighted by Gasteiger charge is -2.20. The van der Waals surface area contributed by atoms with Crippen LogP contribution >= 0.6 is 15.9 Å². The van der Waals surface area contributed by atoms with E-state index < -0.39 is 5.97 Å². The van der Waals surface area contributed by atoms with Gasteiger partial charge in [0.2, 0.25) is 0 Å². The third-order valence-electron chi connectivity index (χ3n) is 19.0. The first-order valence-electron chi connectivity index (χ1n) is 36.1. The Hall–Kier alpha value is -13.2. The van der Waals surface area contributed by atoms with Crippen molar-refractivity contribution in [2.45, 2.75) is 37.4 Å². The molecule has 5 heterocycles. The average Bonchev–Trinajstić information content (AvgIpc) is 1.64. The maximum Gasteiger partial charge on any atom is 0.337 e. The third kappa shape index (κ3) is 18.3. The van der Waals surface area contributed by atoms with Crippen molar-refractivity contribution in [2.75, 3.05) is 41.4 Å². The summed E-state index contributed by atoms with van der Waals surface area (Å²) in [5, 5.41) is 9.85. The summed E-state index contributed by atoms with van der Waals surface area (Å²) in [5.41, 5.74) is 19.2. The number of benzene rings is 12. The Morgan fingerprint density at radius 2 is 0.745 bits per heavy atom. The van der Waals surface area contributed by atoms with E-state index in [1.165, 1.54) is 14.2 Å². The Morgan fingerprint density at radius 3 is 1.10 bits per heavy atom. The fourth-order valence-electron chi connectivity index (χ4n) is 13.1. The number of carbonyl (C=O) groups is 4. The SMILES string of the molecule is CN(C)C1CCN(C(=O)c2ccc(Cn3c(-c4ccccc4)nc4ccccc43)cc2)C1.COC(=O)c1ccc(CBr)cc1.COC(=O)c1ccc(Cn2c(-c3ccccc3)nc3ccccc32)cc1.O=C(O)c1ccc(Cn2c(-c3ccccc3)nc3ccccc32)cc1.c1ccc(-c2nc3ccccc3[nH]2)cc1. The van der Waals surface area contributed by atoms with Crippen LogP contribution in [0.3, 0.4) is 0 Å². The number of para-hydroxylation sites is 8. The van der Waals surface area contributed by atoms with Crippen molar-refractivity contribution in [3.05, 3.63) is 360 Å². The molecule has 0 aliphatic carbocycles. The number of fused-ring (bicyclic) bond motifs is 4. The highest BCUT2D eigenvalue weighted by Gasteiger charge is 2.28. The van der Waals surface area contributed by atoms with Crippen LogP contribution in [0.5, 0.6) is 0 Å². The van der Waals surface area contributed by atoms with E-state index in [4.69, 9.17) is 24.8 Å². The van der Waals surface area contributed by atoms with Gasteiger partial charge in [-0.1, -0.05) is 234 Å². The number of aromatic carboxylic acids is 1. The van der Waals surface area contributed by atoms with E-state index in [0.717, 1.165) is 142 Å². The minimum atomic E-state index is -0.912. The summed E-state index contributed by atoms with van der Waals surface area (Å²) >= 11 is 3.32. The highest BCUT2D eigenvalue weighted by atomic mass is 79.9. The molecule has 16 aromatic rings. The Kier molecular flexibility index (Phi) is 24.5. The molecule has 0 bridgehead atoms. The van der Waals surface area contributed by atoms with Crippen molar-refractivity contribution >= 4 is 83.9 Å². The number of nitrogens with one attached hydrogen (secondary N) is 1. The number of hydrogen-bond donors (Lipinski definition) is 2. The van der Waals surface area contributed by atoms with E-state index in [1.807, 2.05) is 211 Å². The highest BCUT2D eigenvalue weighted by molar-refractivity contribution is 9.08. The number of hydrogen-bond acceptors (Lipinski definition) is 11. The zero-order valence-corrected chi connectivity index (χ0v) is 62.9.